The van der Waals surface area contributed by atoms with Gasteiger partial charge < -0.3 is 15.4 Å². The number of hydrogen-bond donors (Lipinski definition) is 2. The van der Waals surface area contributed by atoms with Crippen molar-refractivity contribution in [2.24, 2.45) is 0 Å². The summed E-state index contributed by atoms with van der Waals surface area (Å²) in [6.45, 7) is 9.50. The van der Waals surface area contributed by atoms with Crippen LogP contribution in [0.25, 0.3) is 0 Å². The third-order valence-corrected chi connectivity index (χ3v) is 2.61. The van der Waals surface area contributed by atoms with E-state index in [0.717, 1.165) is 56.3 Å². The molecule has 2 N–H and O–H groups in total. The van der Waals surface area contributed by atoms with Gasteiger partial charge in [-0.2, -0.15) is 0 Å². The van der Waals surface area contributed by atoms with Gasteiger partial charge in [-0.25, -0.2) is 9.97 Å². The highest BCUT2D eigenvalue weighted by Gasteiger charge is 2.08. The fourth-order valence-corrected chi connectivity index (χ4v) is 1.74. The van der Waals surface area contributed by atoms with Crippen molar-refractivity contribution >= 4 is 11.6 Å². The second-order valence-corrected chi connectivity index (χ2v) is 3.91. The van der Waals surface area contributed by atoms with Gasteiger partial charge in [-0.05, 0) is 26.7 Å². The van der Waals surface area contributed by atoms with E-state index in [4.69, 9.17) is 4.74 Å². The molecule has 1 aromatic heterocycles. The average Bonchev–Trinajstić information content (AvgIpc) is 2.39. The molecule has 0 aliphatic rings. The van der Waals surface area contributed by atoms with E-state index in [1.807, 2.05) is 6.92 Å². The first kappa shape index (κ1) is 14.7. The van der Waals surface area contributed by atoms with Crippen molar-refractivity contribution in [1.29, 1.82) is 0 Å². The van der Waals surface area contributed by atoms with Crippen LogP contribution in [0.1, 0.15) is 32.8 Å². The number of aromatic nitrogens is 2. The maximum atomic E-state index is 5.31. The molecule has 0 aliphatic heterocycles. The van der Waals surface area contributed by atoms with Gasteiger partial charge in [-0.15, -0.1) is 0 Å². The minimum Gasteiger partial charge on any atom is -0.382 e. The van der Waals surface area contributed by atoms with Crippen molar-refractivity contribution in [3.63, 3.8) is 0 Å². The highest BCUT2D eigenvalue weighted by atomic mass is 16.5. The van der Waals surface area contributed by atoms with Gasteiger partial charge in [0.25, 0.3) is 0 Å². The van der Waals surface area contributed by atoms with Crippen LogP contribution < -0.4 is 10.6 Å². The molecule has 1 aromatic rings. The lowest BCUT2D eigenvalue weighted by molar-refractivity contribution is 0.147. The quantitative estimate of drug-likeness (QED) is 0.660. The molecular weight excluding hydrogens is 228 g/mol. The zero-order chi connectivity index (χ0) is 13.2. The minimum atomic E-state index is 0.776. The largest absolute Gasteiger partial charge is 0.382 e. The second kappa shape index (κ2) is 8.69. The molecule has 18 heavy (non-hydrogen) atoms. The van der Waals surface area contributed by atoms with Crippen molar-refractivity contribution in [2.45, 2.75) is 33.6 Å². The molecule has 0 saturated heterocycles. The van der Waals surface area contributed by atoms with E-state index < -0.39 is 0 Å². The zero-order valence-corrected chi connectivity index (χ0v) is 11.6. The van der Waals surface area contributed by atoms with Crippen molar-refractivity contribution in [2.75, 3.05) is 36.9 Å². The molecule has 0 amide bonds. The van der Waals surface area contributed by atoms with Crippen LogP contribution in [-0.2, 0) is 11.2 Å². The first-order valence-corrected chi connectivity index (χ1v) is 6.72. The summed E-state index contributed by atoms with van der Waals surface area (Å²) < 4.78 is 5.31. The zero-order valence-electron chi connectivity index (χ0n) is 11.6. The molecule has 0 spiro atoms. The molecule has 0 aliphatic carbocycles. The second-order valence-electron chi connectivity index (χ2n) is 3.91. The summed E-state index contributed by atoms with van der Waals surface area (Å²) >= 11 is 0. The smallest absolute Gasteiger partial charge is 0.134 e. The lowest BCUT2D eigenvalue weighted by Gasteiger charge is -2.13. The van der Waals surface area contributed by atoms with E-state index in [1.54, 1.807) is 6.33 Å². The summed E-state index contributed by atoms with van der Waals surface area (Å²) in [6.07, 6.45) is 3.50. The number of anilines is 2. The van der Waals surface area contributed by atoms with Crippen molar-refractivity contribution in [3.8, 4) is 0 Å². The summed E-state index contributed by atoms with van der Waals surface area (Å²) in [5.41, 5.74) is 1.15. The Morgan fingerprint density at radius 3 is 2.44 bits per heavy atom. The molecule has 5 heteroatoms. The fraction of sp³-hybridized carbons (Fsp3) is 0.692. The molecular formula is C13H24N4O. The molecule has 0 aromatic carbocycles. The predicted molar refractivity (Wildman–Crippen MR) is 75.2 cm³/mol. The molecule has 0 radical (unpaired) electrons. The van der Waals surface area contributed by atoms with E-state index in [0.29, 0.717) is 0 Å². The predicted octanol–water partition coefficient (Wildman–Crippen LogP) is 2.31. The summed E-state index contributed by atoms with van der Waals surface area (Å²) in [5, 5.41) is 6.61. The Balaban J connectivity index is 2.55. The van der Waals surface area contributed by atoms with E-state index in [-0.39, 0.29) is 0 Å². The summed E-state index contributed by atoms with van der Waals surface area (Å²) in [4.78, 5) is 8.58. The van der Waals surface area contributed by atoms with Crippen LogP contribution >= 0.6 is 0 Å². The van der Waals surface area contributed by atoms with Crippen LogP contribution in [0.2, 0.25) is 0 Å². The molecule has 0 unspecified atom stereocenters. The highest BCUT2D eigenvalue weighted by Crippen LogP contribution is 2.19. The molecule has 1 rings (SSSR count). The Morgan fingerprint density at radius 1 is 1.11 bits per heavy atom. The summed E-state index contributed by atoms with van der Waals surface area (Å²) in [6, 6.07) is 0. The number of nitrogens with one attached hydrogen (secondary N) is 2. The lowest BCUT2D eigenvalue weighted by atomic mass is 10.2. The van der Waals surface area contributed by atoms with E-state index in [2.05, 4.69) is 34.4 Å². The van der Waals surface area contributed by atoms with Gasteiger partial charge in [-0.3, -0.25) is 0 Å². The van der Waals surface area contributed by atoms with Crippen LogP contribution in [0.15, 0.2) is 6.33 Å². The Kier molecular flexibility index (Phi) is 7.10. The Bertz CT molecular complexity index is 344. The molecule has 0 fully saturated rings. The molecule has 1 heterocycles. The molecule has 102 valence electrons. The maximum absolute atomic E-state index is 5.31. The first-order chi connectivity index (χ1) is 8.83. The van der Waals surface area contributed by atoms with E-state index in [9.17, 15) is 0 Å². The van der Waals surface area contributed by atoms with Gasteiger partial charge >= 0.3 is 0 Å². The monoisotopic (exact) mass is 252 g/mol. The van der Waals surface area contributed by atoms with Gasteiger partial charge in [0, 0.05) is 31.9 Å². The summed E-state index contributed by atoms with van der Waals surface area (Å²) in [7, 11) is 0. The number of ether oxygens (including phenoxy) is 1. The minimum absolute atomic E-state index is 0.776. The van der Waals surface area contributed by atoms with Crippen LogP contribution in [0.5, 0.6) is 0 Å². The van der Waals surface area contributed by atoms with Crippen LogP contribution in [0, 0.1) is 0 Å². The van der Waals surface area contributed by atoms with Crippen molar-refractivity contribution < 1.29 is 4.74 Å². The highest BCUT2D eigenvalue weighted by molar-refractivity contribution is 5.57. The van der Waals surface area contributed by atoms with Crippen LogP contribution in [-0.4, -0.2) is 36.3 Å². The molecule has 5 nitrogen and oxygen atoms in total. The number of hydrogen-bond acceptors (Lipinski definition) is 5. The van der Waals surface area contributed by atoms with E-state index >= 15 is 0 Å². The van der Waals surface area contributed by atoms with E-state index in [1.165, 1.54) is 0 Å². The molecule has 0 saturated carbocycles. The Labute approximate surface area is 109 Å². The normalized spacial score (nSPS) is 10.4. The Morgan fingerprint density at radius 2 is 1.83 bits per heavy atom. The van der Waals surface area contributed by atoms with Gasteiger partial charge in [-0.1, -0.05) is 6.92 Å². The molecule has 0 bridgehead atoms. The topological polar surface area (TPSA) is 59.1 Å². The standard InChI is InChI=1S/C13H24N4O/c1-4-11-12(14-5-2)16-10-17-13(11)15-8-7-9-18-6-3/h10H,4-9H2,1-3H3,(H2,14,15,16,17). The van der Waals surface area contributed by atoms with Crippen LogP contribution in [0.4, 0.5) is 11.6 Å². The maximum Gasteiger partial charge on any atom is 0.134 e. The molecule has 0 atom stereocenters. The Hall–Kier alpha value is -1.36. The van der Waals surface area contributed by atoms with Crippen LogP contribution in [0.3, 0.4) is 0 Å². The lowest BCUT2D eigenvalue weighted by Crippen LogP contribution is -2.11. The number of rotatable bonds is 9. The van der Waals surface area contributed by atoms with Gasteiger partial charge in [0.15, 0.2) is 0 Å². The first-order valence-electron chi connectivity index (χ1n) is 6.72. The van der Waals surface area contributed by atoms with Gasteiger partial charge in [0.2, 0.25) is 0 Å². The average molecular weight is 252 g/mol. The SMILES string of the molecule is CCNc1ncnc(NCCCOCC)c1CC. The number of nitrogens with zero attached hydrogens (tertiary/aromatic N) is 2. The summed E-state index contributed by atoms with van der Waals surface area (Å²) in [5.74, 6) is 1.86. The fourth-order valence-electron chi connectivity index (χ4n) is 1.74. The van der Waals surface area contributed by atoms with Crippen molar-refractivity contribution in [3.05, 3.63) is 11.9 Å². The van der Waals surface area contributed by atoms with Crippen molar-refractivity contribution in [1.82, 2.24) is 9.97 Å². The van der Waals surface area contributed by atoms with Gasteiger partial charge in [0.1, 0.15) is 18.0 Å². The third kappa shape index (κ3) is 4.49. The third-order valence-electron chi connectivity index (χ3n) is 2.61. The van der Waals surface area contributed by atoms with Gasteiger partial charge in [0.05, 0.1) is 0 Å².